The summed E-state index contributed by atoms with van der Waals surface area (Å²) >= 11 is 0. The zero-order valence-corrected chi connectivity index (χ0v) is 12.9. The molecule has 5 nitrogen and oxygen atoms in total. The molecular weight excluding hydrogens is 266 g/mol. The Kier molecular flexibility index (Phi) is 5.42. The van der Waals surface area contributed by atoms with E-state index < -0.39 is 5.97 Å². The van der Waals surface area contributed by atoms with Crippen LogP contribution in [-0.4, -0.2) is 24.1 Å². The quantitative estimate of drug-likeness (QED) is 0.814. The van der Waals surface area contributed by atoms with E-state index in [4.69, 9.17) is 10.5 Å². The van der Waals surface area contributed by atoms with Gasteiger partial charge >= 0.3 is 5.97 Å². The van der Waals surface area contributed by atoms with Gasteiger partial charge in [0.2, 0.25) is 0 Å². The number of rotatable bonds is 5. The second-order valence-corrected chi connectivity index (χ2v) is 5.76. The summed E-state index contributed by atoms with van der Waals surface area (Å²) in [6.07, 6.45) is 8.95. The number of anilines is 2. The Bertz CT molecular complexity index is 482. The molecule has 1 saturated carbocycles. The van der Waals surface area contributed by atoms with Gasteiger partial charge in [-0.15, -0.1) is 0 Å². The first-order valence-corrected chi connectivity index (χ1v) is 7.75. The summed E-state index contributed by atoms with van der Waals surface area (Å²) in [6, 6.07) is 1.98. The lowest BCUT2D eigenvalue weighted by molar-refractivity contribution is 0.0602. The molecule has 0 aliphatic heterocycles. The van der Waals surface area contributed by atoms with Crippen LogP contribution in [0.15, 0.2) is 12.3 Å². The first-order chi connectivity index (χ1) is 10.2. The first kappa shape index (κ1) is 15.6. The zero-order chi connectivity index (χ0) is 15.2. The van der Waals surface area contributed by atoms with Crippen molar-refractivity contribution < 1.29 is 9.53 Å². The molecule has 0 bridgehead atoms. The number of nitrogens with zero attached hydrogens (tertiary/aromatic N) is 1. The lowest BCUT2D eigenvalue weighted by atomic mass is 9.83. The van der Waals surface area contributed by atoms with Crippen LogP contribution < -0.4 is 11.1 Å². The molecule has 2 rings (SSSR count). The summed E-state index contributed by atoms with van der Waals surface area (Å²) in [5.74, 6) is 1.03. The molecule has 1 aromatic heterocycles. The molecular formula is C16H25N3O2. The fourth-order valence-electron chi connectivity index (χ4n) is 3.07. The average molecular weight is 291 g/mol. The van der Waals surface area contributed by atoms with Crippen molar-refractivity contribution in [1.29, 1.82) is 0 Å². The number of pyridine rings is 1. The van der Waals surface area contributed by atoms with Gasteiger partial charge in [-0.3, -0.25) is 0 Å². The maximum Gasteiger partial charge on any atom is 0.340 e. The number of aromatic nitrogens is 1. The standard InChI is InChI=1S/C16H25N3O2/c1-3-4-11-5-7-12(8-6-11)19-15-14(17)13(9-10-18-15)16(20)21-2/h9-12H,3-8,17H2,1-2H3,(H,18,19). The maximum atomic E-state index is 11.6. The molecule has 0 spiro atoms. The molecule has 0 unspecified atom stereocenters. The second-order valence-electron chi connectivity index (χ2n) is 5.76. The minimum atomic E-state index is -0.426. The topological polar surface area (TPSA) is 77.2 Å². The highest BCUT2D eigenvalue weighted by molar-refractivity contribution is 5.97. The smallest absolute Gasteiger partial charge is 0.340 e. The van der Waals surface area contributed by atoms with Crippen LogP contribution in [0.3, 0.4) is 0 Å². The van der Waals surface area contributed by atoms with Gasteiger partial charge in [0.05, 0.1) is 18.4 Å². The SMILES string of the molecule is CCCC1CCC(Nc2nccc(C(=O)OC)c2N)CC1. The summed E-state index contributed by atoms with van der Waals surface area (Å²) in [6.45, 7) is 2.24. The van der Waals surface area contributed by atoms with Crippen LogP contribution in [0.4, 0.5) is 11.5 Å². The minimum Gasteiger partial charge on any atom is -0.465 e. The molecule has 0 aromatic carbocycles. The van der Waals surface area contributed by atoms with E-state index in [1.165, 1.54) is 32.8 Å². The zero-order valence-electron chi connectivity index (χ0n) is 12.9. The van der Waals surface area contributed by atoms with E-state index in [0.29, 0.717) is 23.1 Å². The van der Waals surface area contributed by atoms with E-state index in [9.17, 15) is 4.79 Å². The van der Waals surface area contributed by atoms with Gasteiger partial charge in [-0.25, -0.2) is 9.78 Å². The molecule has 1 aromatic rings. The number of esters is 1. The molecule has 116 valence electrons. The predicted octanol–water partition coefficient (Wildman–Crippen LogP) is 3.22. The van der Waals surface area contributed by atoms with E-state index in [2.05, 4.69) is 17.2 Å². The number of nitrogens with one attached hydrogen (secondary N) is 1. The van der Waals surface area contributed by atoms with Crippen LogP contribution in [0, 0.1) is 5.92 Å². The fourth-order valence-corrected chi connectivity index (χ4v) is 3.07. The molecule has 3 N–H and O–H groups in total. The molecule has 21 heavy (non-hydrogen) atoms. The second kappa shape index (κ2) is 7.29. The van der Waals surface area contributed by atoms with Crippen LogP contribution in [0.2, 0.25) is 0 Å². The van der Waals surface area contributed by atoms with Crippen molar-refractivity contribution in [3.05, 3.63) is 17.8 Å². The Morgan fingerprint density at radius 1 is 1.43 bits per heavy atom. The average Bonchev–Trinajstić information content (AvgIpc) is 2.51. The number of hydrogen-bond donors (Lipinski definition) is 2. The molecule has 0 atom stereocenters. The van der Waals surface area contributed by atoms with Crippen LogP contribution in [-0.2, 0) is 4.74 Å². The first-order valence-electron chi connectivity index (χ1n) is 7.75. The molecule has 0 saturated heterocycles. The highest BCUT2D eigenvalue weighted by Gasteiger charge is 2.22. The third kappa shape index (κ3) is 3.86. The highest BCUT2D eigenvalue weighted by atomic mass is 16.5. The van der Waals surface area contributed by atoms with Gasteiger partial charge in [0.25, 0.3) is 0 Å². The van der Waals surface area contributed by atoms with Gasteiger partial charge < -0.3 is 15.8 Å². The van der Waals surface area contributed by atoms with E-state index in [0.717, 1.165) is 18.8 Å². The third-order valence-corrected chi connectivity index (χ3v) is 4.28. The minimum absolute atomic E-state index is 0.370. The normalized spacial score (nSPS) is 21.8. The third-order valence-electron chi connectivity index (χ3n) is 4.28. The van der Waals surface area contributed by atoms with Gasteiger partial charge in [0.1, 0.15) is 5.82 Å². The Morgan fingerprint density at radius 3 is 2.76 bits per heavy atom. The molecule has 1 aliphatic rings. The molecule has 1 fully saturated rings. The molecule has 1 aliphatic carbocycles. The number of carbonyl (C=O) groups excluding carboxylic acids is 1. The lowest BCUT2D eigenvalue weighted by Crippen LogP contribution is -2.27. The van der Waals surface area contributed by atoms with E-state index in [-0.39, 0.29) is 0 Å². The van der Waals surface area contributed by atoms with Gasteiger partial charge in [-0.05, 0) is 37.7 Å². The Hall–Kier alpha value is -1.78. The molecule has 0 radical (unpaired) electrons. The number of methoxy groups -OCH3 is 1. The van der Waals surface area contributed by atoms with Crippen LogP contribution in [0.5, 0.6) is 0 Å². The lowest BCUT2D eigenvalue weighted by Gasteiger charge is -2.29. The largest absolute Gasteiger partial charge is 0.465 e. The number of nitrogens with two attached hydrogens (primary N) is 1. The number of carbonyl (C=O) groups is 1. The van der Waals surface area contributed by atoms with Gasteiger partial charge in [0.15, 0.2) is 0 Å². The molecule has 1 heterocycles. The summed E-state index contributed by atoms with van der Waals surface area (Å²) in [5.41, 5.74) is 6.77. The van der Waals surface area contributed by atoms with Crippen LogP contribution in [0.1, 0.15) is 55.8 Å². The molecule has 0 amide bonds. The molecule has 5 heteroatoms. The van der Waals surface area contributed by atoms with E-state index in [1.807, 2.05) is 0 Å². The van der Waals surface area contributed by atoms with Gasteiger partial charge in [-0.2, -0.15) is 0 Å². The number of ether oxygens (including phenoxy) is 1. The fraction of sp³-hybridized carbons (Fsp3) is 0.625. The number of nitrogen functional groups attached to an aromatic ring is 1. The number of hydrogen-bond acceptors (Lipinski definition) is 5. The van der Waals surface area contributed by atoms with Crippen molar-refractivity contribution in [3.63, 3.8) is 0 Å². The van der Waals surface area contributed by atoms with Crippen LogP contribution >= 0.6 is 0 Å². The van der Waals surface area contributed by atoms with Crippen molar-refractivity contribution in [2.45, 2.75) is 51.5 Å². The summed E-state index contributed by atoms with van der Waals surface area (Å²) in [4.78, 5) is 15.9. The maximum absolute atomic E-state index is 11.6. The summed E-state index contributed by atoms with van der Waals surface area (Å²) in [5, 5.41) is 3.39. The van der Waals surface area contributed by atoms with E-state index in [1.54, 1.807) is 12.3 Å². The Labute approximate surface area is 126 Å². The summed E-state index contributed by atoms with van der Waals surface area (Å²) < 4.78 is 4.73. The predicted molar refractivity (Wildman–Crippen MR) is 84.3 cm³/mol. The van der Waals surface area contributed by atoms with Crippen molar-refractivity contribution in [2.75, 3.05) is 18.2 Å². The van der Waals surface area contributed by atoms with Crippen molar-refractivity contribution in [3.8, 4) is 0 Å². The monoisotopic (exact) mass is 291 g/mol. The van der Waals surface area contributed by atoms with Crippen molar-refractivity contribution in [2.24, 2.45) is 5.92 Å². The highest BCUT2D eigenvalue weighted by Crippen LogP contribution is 2.30. The van der Waals surface area contributed by atoms with Crippen LogP contribution in [0.25, 0.3) is 0 Å². The Balaban J connectivity index is 1.99. The van der Waals surface area contributed by atoms with Crippen molar-refractivity contribution in [1.82, 2.24) is 4.98 Å². The van der Waals surface area contributed by atoms with Gasteiger partial charge in [-0.1, -0.05) is 19.8 Å². The van der Waals surface area contributed by atoms with E-state index >= 15 is 0 Å². The van der Waals surface area contributed by atoms with Gasteiger partial charge in [0, 0.05) is 12.2 Å². The Morgan fingerprint density at radius 2 is 2.14 bits per heavy atom. The van der Waals surface area contributed by atoms with Crippen molar-refractivity contribution >= 4 is 17.5 Å². The summed E-state index contributed by atoms with van der Waals surface area (Å²) in [7, 11) is 1.35.